The molecule has 0 heterocycles. The van der Waals surface area contributed by atoms with Gasteiger partial charge < -0.3 is 10.4 Å². The number of hydrogen-bond acceptors (Lipinski definition) is 2. The van der Waals surface area contributed by atoms with E-state index in [4.69, 9.17) is 5.11 Å². The summed E-state index contributed by atoms with van der Waals surface area (Å²) in [7, 11) is 0. The molecule has 2 N–H and O–H groups in total. The second-order valence-electron chi connectivity index (χ2n) is 4.94. The maximum atomic E-state index is 11.0. The van der Waals surface area contributed by atoms with Gasteiger partial charge in [0.15, 0.2) is 0 Å². The third-order valence-electron chi connectivity index (χ3n) is 3.47. The van der Waals surface area contributed by atoms with Gasteiger partial charge >= 0.3 is 5.97 Å². The largest absolute Gasteiger partial charge is 0.480 e. The molecule has 1 aliphatic carbocycles. The van der Waals surface area contributed by atoms with Crippen LogP contribution in [0.1, 0.15) is 46.5 Å². The van der Waals surface area contributed by atoms with Crippen LogP contribution in [0, 0.1) is 11.8 Å². The van der Waals surface area contributed by atoms with Crippen LogP contribution in [0.4, 0.5) is 0 Å². The van der Waals surface area contributed by atoms with E-state index in [1.165, 1.54) is 6.42 Å². The first-order valence-electron chi connectivity index (χ1n) is 6.05. The minimum Gasteiger partial charge on any atom is -0.480 e. The van der Waals surface area contributed by atoms with Crippen molar-refractivity contribution >= 4 is 5.97 Å². The second kappa shape index (κ2) is 5.50. The molecule has 0 saturated heterocycles. The van der Waals surface area contributed by atoms with Gasteiger partial charge in [-0.3, -0.25) is 4.79 Å². The van der Waals surface area contributed by atoms with Crippen molar-refractivity contribution in [1.29, 1.82) is 0 Å². The average Bonchev–Trinajstić information content (AvgIpc) is 2.08. The Labute approximate surface area is 92.3 Å². The predicted octanol–water partition coefficient (Wildman–Crippen LogP) is 2.26. The SMILES string of the molecule is CCCC(NC1CCC1C(C)C)C(=O)O. The normalized spacial score (nSPS) is 27.5. The Kier molecular flexibility index (Phi) is 4.58. The van der Waals surface area contributed by atoms with E-state index in [9.17, 15) is 4.79 Å². The summed E-state index contributed by atoms with van der Waals surface area (Å²) in [5.41, 5.74) is 0. The lowest BCUT2D eigenvalue weighted by Gasteiger charge is -2.41. The number of rotatable bonds is 6. The molecule has 3 heteroatoms. The molecule has 1 fully saturated rings. The Morgan fingerprint density at radius 3 is 2.47 bits per heavy atom. The number of carboxylic acids is 1. The van der Waals surface area contributed by atoms with E-state index in [-0.39, 0.29) is 6.04 Å². The highest BCUT2D eigenvalue weighted by atomic mass is 16.4. The third kappa shape index (κ3) is 3.20. The quantitative estimate of drug-likeness (QED) is 0.711. The lowest BCUT2D eigenvalue weighted by atomic mass is 9.72. The van der Waals surface area contributed by atoms with Crippen LogP contribution in [0.25, 0.3) is 0 Å². The van der Waals surface area contributed by atoms with Crippen LogP contribution in [-0.4, -0.2) is 23.2 Å². The van der Waals surface area contributed by atoms with Crippen molar-refractivity contribution in [3.8, 4) is 0 Å². The zero-order valence-electron chi connectivity index (χ0n) is 9.99. The Morgan fingerprint density at radius 1 is 1.47 bits per heavy atom. The molecular formula is C12H23NO2. The molecule has 0 aromatic rings. The second-order valence-corrected chi connectivity index (χ2v) is 4.94. The van der Waals surface area contributed by atoms with Gasteiger partial charge in [-0.15, -0.1) is 0 Å². The molecule has 0 aliphatic heterocycles. The molecule has 0 aromatic heterocycles. The minimum absolute atomic E-state index is 0.346. The lowest BCUT2D eigenvalue weighted by Crippen LogP contribution is -2.52. The Morgan fingerprint density at radius 2 is 2.13 bits per heavy atom. The summed E-state index contributed by atoms with van der Waals surface area (Å²) in [5.74, 6) is 0.627. The van der Waals surface area contributed by atoms with E-state index in [0.29, 0.717) is 17.9 Å². The van der Waals surface area contributed by atoms with Crippen LogP contribution >= 0.6 is 0 Å². The van der Waals surface area contributed by atoms with E-state index < -0.39 is 5.97 Å². The summed E-state index contributed by atoms with van der Waals surface area (Å²) in [6.07, 6.45) is 4.03. The fourth-order valence-corrected chi connectivity index (χ4v) is 2.36. The van der Waals surface area contributed by atoms with Crippen molar-refractivity contribution in [3.05, 3.63) is 0 Å². The molecule has 1 saturated carbocycles. The van der Waals surface area contributed by atoms with Gasteiger partial charge in [-0.25, -0.2) is 0 Å². The van der Waals surface area contributed by atoms with Crippen LogP contribution in [-0.2, 0) is 4.79 Å². The molecule has 0 spiro atoms. The highest BCUT2D eigenvalue weighted by Crippen LogP contribution is 2.34. The van der Waals surface area contributed by atoms with Crippen molar-refractivity contribution in [1.82, 2.24) is 5.32 Å². The van der Waals surface area contributed by atoms with Gasteiger partial charge in [-0.1, -0.05) is 27.2 Å². The van der Waals surface area contributed by atoms with Gasteiger partial charge in [0.25, 0.3) is 0 Å². The van der Waals surface area contributed by atoms with E-state index in [0.717, 1.165) is 19.3 Å². The Bertz CT molecular complexity index is 216. The fraction of sp³-hybridized carbons (Fsp3) is 0.917. The molecule has 88 valence electrons. The molecule has 0 radical (unpaired) electrons. The van der Waals surface area contributed by atoms with Gasteiger partial charge in [0, 0.05) is 6.04 Å². The highest BCUT2D eigenvalue weighted by molar-refractivity contribution is 5.73. The first kappa shape index (κ1) is 12.5. The van der Waals surface area contributed by atoms with Crippen LogP contribution in [0.5, 0.6) is 0 Å². The summed E-state index contributed by atoms with van der Waals surface area (Å²) < 4.78 is 0. The predicted molar refractivity (Wildman–Crippen MR) is 60.8 cm³/mol. The van der Waals surface area contributed by atoms with Crippen molar-refractivity contribution < 1.29 is 9.90 Å². The zero-order chi connectivity index (χ0) is 11.4. The smallest absolute Gasteiger partial charge is 0.320 e. The van der Waals surface area contributed by atoms with Gasteiger partial charge in [0.05, 0.1) is 0 Å². The molecule has 3 unspecified atom stereocenters. The van der Waals surface area contributed by atoms with E-state index in [1.807, 2.05) is 6.92 Å². The first-order valence-corrected chi connectivity index (χ1v) is 6.05. The topological polar surface area (TPSA) is 49.3 Å². The average molecular weight is 213 g/mol. The Balaban J connectivity index is 2.41. The van der Waals surface area contributed by atoms with Crippen LogP contribution in [0.3, 0.4) is 0 Å². The minimum atomic E-state index is -0.703. The molecule has 15 heavy (non-hydrogen) atoms. The van der Waals surface area contributed by atoms with Crippen molar-refractivity contribution in [3.63, 3.8) is 0 Å². The maximum Gasteiger partial charge on any atom is 0.320 e. The third-order valence-corrected chi connectivity index (χ3v) is 3.47. The number of carboxylic acid groups (broad SMARTS) is 1. The molecule has 1 rings (SSSR count). The molecule has 0 amide bonds. The fourth-order valence-electron chi connectivity index (χ4n) is 2.36. The van der Waals surface area contributed by atoms with Crippen LogP contribution in [0.2, 0.25) is 0 Å². The molecule has 0 bridgehead atoms. The van der Waals surface area contributed by atoms with E-state index >= 15 is 0 Å². The van der Waals surface area contributed by atoms with Crippen LogP contribution < -0.4 is 5.32 Å². The van der Waals surface area contributed by atoms with Crippen molar-refractivity contribution in [2.45, 2.75) is 58.5 Å². The first-order chi connectivity index (χ1) is 7.06. The van der Waals surface area contributed by atoms with Crippen LogP contribution in [0.15, 0.2) is 0 Å². The number of aliphatic carboxylic acids is 1. The number of nitrogens with one attached hydrogen (secondary N) is 1. The van der Waals surface area contributed by atoms with Gasteiger partial charge in [-0.2, -0.15) is 0 Å². The monoisotopic (exact) mass is 213 g/mol. The van der Waals surface area contributed by atoms with E-state index in [2.05, 4.69) is 19.2 Å². The van der Waals surface area contributed by atoms with Gasteiger partial charge in [0.1, 0.15) is 6.04 Å². The molecule has 3 nitrogen and oxygen atoms in total. The number of hydrogen-bond donors (Lipinski definition) is 2. The maximum absolute atomic E-state index is 11.0. The standard InChI is InChI=1S/C12H23NO2/c1-4-5-11(12(14)15)13-10-7-6-9(10)8(2)3/h8-11,13H,4-7H2,1-3H3,(H,14,15). The molecule has 0 aromatic carbocycles. The summed E-state index contributed by atoms with van der Waals surface area (Å²) in [6, 6.07) is 0.0826. The summed E-state index contributed by atoms with van der Waals surface area (Å²) >= 11 is 0. The van der Waals surface area contributed by atoms with Gasteiger partial charge in [-0.05, 0) is 31.1 Å². The summed E-state index contributed by atoms with van der Waals surface area (Å²) in [5, 5.41) is 12.3. The molecule has 1 aliphatic rings. The van der Waals surface area contributed by atoms with E-state index in [1.54, 1.807) is 0 Å². The summed E-state index contributed by atoms with van der Waals surface area (Å²) in [4.78, 5) is 11.0. The summed E-state index contributed by atoms with van der Waals surface area (Å²) in [6.45, 7) is 6.46. The Hall–Kier alpha value is -0.570. The van der Waals surface area contributed by atoms with Gasteiger partial charge in [0.2, 0.25) is 0 Å². The number of carbonyl (C=O) groups is 1. The molecular weight excluding hydrogens is 190 g/mol. The highest BCUT2D eigenvalue weighted by Gasteiger charge is 2.35. The molecule has 3 atom stereocenters. The zero-order valence-corrected chi connectivity index (χ0v) is 9.99. The van der Waals surface area contributed by atoms with Crippen molar-refractivity contribution in [2.24, 2.45) is 11.8 Å². The van der Waals surface area contributed by atoms with Crippen molar-refractivity contribution in [2.75, 3.05) is 0 Å². The lowest BCUT2D eigenvalue weighted by molar-refractivity contribution is -0.140.